The molecule has 0 aromatic carbocycles. The van der Waals surface area contributed by atoms with Crippen LogP contribution in [0.2, 0.25) is 0 Å². The maximum atomic E-state index is 11.4. The fourth-order valence-corrected chi connectivity index (χ4v) is 2.79. The van der Waals surface area contributed by atoms with Gasteiger partial charge in [0.15, 0.2) is 15.8 Å². The fraction of sp³-hybridized carbons (Fsp3) is 0.917. The molecule has 0 saturated carbocycles. The smallest absolute Gasteiger partial charge is 0.193 e. The fourth-order valence-electron chi connectivity index (χ4n) is 2.09. The van der Waals surface area contributed by atoms with Gasteiger partial charge in [0.2, 0.25) is 0 Å². The van der Waals surface area contributed by atoms with Gasteiger partial charge >= 0.3 is 0 Å². The highest BCUT2D eigenvalue weighted by molar-refractivity contribution is 14.0. The molecule has 0 aromatic rings. The molecule has 0 aliphatic carbocycles. The highest BCUT2D eigenvalue weighted by Gasteiger charge is 2.30. The molecule has 114 valence electrons. The van der Waals surface area contributed by atoms with Crippen molar-refractivity contribution in [1.29, 1.82) is 0 Å². The van der Waals surface area contributed by atoms with Gasteiger partial charge in [-0.15, -0.1) is 24.0 Å². The minimum Gasteiger partial charge on any atom is -0.355 e. The molecule has 1 saturated heterocycles. The van der Waals surface area contributed by atoms with E-state index in [4.69, 9.17) is 0 Å². The Morgan fingerprint density at radius 2 is 2.05 bits per heavy atom. The Morgan fingerprint density at radius 3 is 2.47 bits per heavy atom. The van der Waals surface area contributed by atoms with E-state index in [9.17, 15) is 8.42 Å². The number of guanidine groups is 1. The lowest BCUT2D eigenvalue weighted by atomic mass is 9.93. The Bertz CT molecular complexity index is 407. The Kier molecular flexibility index (Phi) is 7.64. The quantitative estimate of drug-likeness (QED) is 0.437. The van der Waals surface area contributed by atoms with E-state index in [-0.39, 0.29) is 35.5 Å². The van der Waals surface area contributed by atoms with Crippen LogP contribution < -0.4 is 5.32 Å². The third-order valence-corrected chi connectivity index (χ3v) is 5.03. The molecule has 7 heteroatoms. The van der Waals surface area contributed by atoms with Crippen LogP contribution >= 0.6 is 24.0 Å². The zero-order valence-electron chi connectivity index (χ0n) is 12.3. The minimum absolute atomic E-state index is 0. The van der Waals surface area contributed by atoms with Gasteiger partial charge in [-0.05, 0) is 11.8 Å². The number of hydrogen-bond donors (Lipinski definition) is 1. The summed E-state index contributed by atoms with van der Waals surface area (Å²) in [6.45, 7) is 8.52. The van der Waals surface area contributed by atoms with E-state index in [1.165, 1.54) is 0 Å². The van der Waals surface area contributed by atoms with Gasteiger partial charge in [0.25, 0.3) is 0 Å². The second kappa shape index (κ2) is 7.66. The molecule has 0 unspecified atom stereocenters. The second-order valence-electron chi connectivity index (χ2n) is 5.55. The van der Waals surface area contributed by atoms with Crippen molar-refractivity contribution in [3.63, 3.8) is 0 Å². The van der Waals surface area contributed by atoms with E-state index in [0.29, 0.717) is 12.0 Å². The maximum Gasteiger partial charge on any atom is 0.193 e. The number of aliphatic imine (C=N–C) groups is 1. The molecule has 0 radical (unpaired) electrons. The third-order valence-electron chi connectivity index (χ3n) is 3.32. The molecule has 1 aliphatic heterocycles. The van der Waals surface area contributed by atoms with Crippen molar-refractivity contribution < 1.29 is 8.42 Å². The summed E-state index contributed by atoms with van der Waals surface area (Å²) in [5.41, 5.74) is 0.313. The van der Waals surface area contributed by atoms with Gasteiger partial charge in [0.05, 0.1) is 5.75 Å². The number of hydrogen-bond acceptors (Lipinski definition) is 3. The molecule has 5 nitrogen and oxygen atoms in total. The molecule has 1 fully saturated rings. The normalized spacial score (nSPS) is 19.2. The monoisotopic (exact) mass is 403 g/mol. The molecule has 0 spiro atoms. The van der Waals surface area contributed by atoms with Gasteiger partial charge in [0, 0.05) is 32.4 Å². The van der Waals surface area contributed by atoms with Crippen LogP contribution in [-0.2, 0) is 9.84 Å². The lowest BCUT2D eigenvalue weighted by Gasteiger charge is -2.23. The predicted molar refractivity (Wildman–Crippen MR) is 91.1 cm³/mol. The summed E-state index contributed by atoms with van der Waals surface area (Å²) >= 11 is 0. The van der Waals surface area contributed by atoms with Crippen molar-refractivity contribution in [1.82, 2.24) is 10.2 Å². The molecule has 19 heavy (non-hydrogen) atoms. The topological polar surface area (TPSA) is 61.8 Å². The number of rotatable bonds is 4. The van der Waals surface area contributed by atoms with E-state index < -0.39 is 9.84 Å². The van der Waals surface area contributed by atoms with E-state index in [1.54, 1.807) is 14.0 Å². The minimum atomic E-state index is -2.91. The van der Waals surface area contributed by atoms with Crippen LogP contribution in [0, 0.1) is 5.41 Å². The first kappa shape index (κ1) is 18.9. The van der Waals surface area contributed by atoms with Gasteiger partial charge in [-0.25, -0.2) is 8.42 Å². The number of nitrogens with zero attached hydrogens (tertiary/aromatic N) is 2. The first-order chi connectivity index (χ1) is 8.29. The third kappa shape index (κ3) is 6.29. The summed E-state index contributed by atoms with van der Waals surface area (Å²) in [6, 6.07) is 0. The molecule has 1 rings (SSSR count). The SMILES string of the molecule is CCS(=O)(=O)CCNC(=NC)N1CCC(C)(C)C1.I. The van der Waals surface area contributed by atoms with Crippen LogP contribution in [0.4, 0.5) is 0 Å². The van der Waals surface area contributed by atoms with E-state index >= 15 is 0 Å². The highest BCUT2D eigenvalue weighted by atomic mass is 127. The Balaban J connectivity index is 0.00000324. The molecule has 0 amide bonds. The van der Waals surface area contributed by atoms with Crippen LogP contribution in [0.15, 0.2) is 4.99 Å². The van der Waals surface area contributed by atoms with Crippen molar-refractivity contribution in [2.24, 2.45) is 10.4 Å². The van der Waals surface area contributed by atoms with Crippen LogP contribution in [0.1, 0.15) is 27.2 Å². The number of likely N-dealkylation sites (tertiary alicyclic amines) is 1. The summed E-state index contributed by atoms with van der Waals surface area (Å²) in [5, 5.41) is 3.14. The number of nitrogens with one attached hydrogen (secondary N) is 1. The molecular formula is C12H26IN3O2S. The molecular weight excluding hydrogens is 377 g/mol. The molecule has 1 aliphatic rings. The number of halogens is 1. The van der Waals surface area contributed by atoms with Gasteiger partial charge < -0.3 is 10.2 Å². The lowest BCUT2D eigenvalue weighted by molar-refractivity contribution is 0.370. The summed E-state index contributed by atoms with van der Waals surface area (Å²) in [6.07, 6.45) is 1.14. The molecule has 0 atom stereocenters. The van der Waals surface area contributed by atoms with E-state index in [2.05, 4.69) is 29.1 Å². The van der Waals surface area contributed by atoms with Crippen molar-refractivity contribution in [2.75, 3.05) is 38.2 Å². The van der Waals surface area contributed by atoms with Crippen LogP contribution in [-0.4, -0.2) is 57.5 Å². The van der Waals surface area contributed by atoms with Crippen molar-refractivity contribution in [3.8, 4) is 0 Å². The summed E-state index contributed by atoms with van der Waals surface area (Å²) in [7, 11) is -1.17. The summed E-state index contributed by atoms with van der Waals surface area (Å²) in [4.78, 5) is 6.41. The Morgan fingerprint density at radius 1 is 1.42 bits per heavy atom. The standard InChI is InChI=1S/C12H25N3O2S.HI/c1-5-18(16,17)9-7-14-11(13-4)15-8-6-12(2,3)10-15;/h5-10H2,1-4H3,(H,13,14);1H. The molecule has 1 N–H and O–H groups in total. The summed E-state index contributed by atoms with van der Waals surface area (Å²) < 4.78 is 22.8. The average molecular weight is 403 g/mol. The Hall–Kier alpha value is -0.0500. The molecule has 0 bridgehead atoms. The van der Waals surface area contributed by atoms with Gasteiger partial charge in [-0.2, -0.15) is 0 Å². The van der Waals surface area contributed by atoms with Crippen LogP contribution in [0.5, 0.6) is 0 Å². The van der Waals surface area contributed by atoms with Gasteiger partial charge in [0.1, 0.15) is 0 Å². The van der Waals surface area contributed by atoms with Gasteiger partial charge in [-0.1, -0.05) is 20.8 Å². The van der Waals surface area contributed by atoms with E-state index in [1.807, 2.05) is 0 Å². The highest BCUT2D eigenvalue weighted by Crippen LogP contribution is 2.28. The summed E-state index contributed by atoms with van der Waals surface area (Å²) in [5.74, 6) is 1.18. The molecule has 1 heterocycles. The largest absolute Gasteiger partial charge is 0.355 e. The lowest BCUT2D eigenvalue weighted by Crippen LogP contribution is -2.42. The number of sulfone groups is 1. The van der Waals surface area contributed by atoms with Gasteiger partial charge in [-0.3, -0.25) is 4.99 Å². The van der Waals surface area contributed by atoms with Crippen LogP contribution in [0.25, 0.3) is 0 Å². The first-order valence-corrected chi connectivity index (χ1v) is 8.28. The van der Waals surface area contributed by atoms with Crippen molar-refractivity contribution >= 4 is 39.8 Å². The molecule has 0 aromatic heterocycles. The average Bonchev–Trinajstić information content (AvgIpc) is 2.65. The Labute approximate surface area is 134 Å². The maximum absolute atomic E-state index is 11.4. The zero-order valence-corrected chi connectivity index (χ0v) is 15.4. The first-order valence-electron chi connectivity index (χ1n) is 6.46. The second-order valence-corrected chi connectivity index (χ2v) is 8.02. The zero-order chi connectivity index (χ0) is 13.8. The van der Waals surface area contributed by atoms with Crippen LogP contribution in [0.3, 0.4) is 0 Å². The van der Waals surface area contributed by atoms with E-state index in [0.717, 1.165) is 25.5 Å². The van der Waals surface area contributed by atoms with Crippen molar-refractivity contribution in [3.05, 3.63) is 0 Å². The van der Waals surface area contributed by atoms with Crippen molar-refractivity contribution in [2.45, 2.75) is 27.2 Å². The predicted octanol–water partition coefficient (Wildman–Crippen LogP) is 1.35.